The summed E-state index contributed by atoms with van der Waals surface area (Å²) < 4.78 is 0.669. The number of hydrogen-bond acceptors (Lipinski definition) is 2. The summed E-state index contributed by atoms with van der Waals surface area (Å²) in [4.78, 5) is 23.0. The van der Waals surface area contributed by atoms with Crippen LogP contribution in [0.2, 0.25) is 5.02 Å². The van der Waals surface area contributed by atoms with Gasteiger partial charge in [-0.2, -0.15) is 0 Å². The summed E-state index contributed by atoms with van der Waals surface area (Å²) in [5.41, 5.74) is 0.554. The Morgan fingerprint density at radius 3 is 2.52 bits per heavy atom. The van der Waals surface area contributed by atoms with Crippen molar-refractivity contribution in [1.29, 1.82) is 0 Å². The van der Waals surface area contributed by atoms with Crippen molar-refractivity contribution < 1.29 is 14.7 Å². The number of hydrogen-bond donors (Lipinski definition) is 2. The van der Waals surface area contributed by atoms with Gasteiger partial charge in [0.2, 0.25) is 0 Å². The van der Waals surface area contributed by atoms with Gasteiger partial charge in [-0.3, -0.25) is 9.59 Å². The predicted molar refractivity (Wildman–Crippen MR) is 84.6 cm³/mol. The monoisotopic (exact) mass is 373 g/mol. The molecule has 1 fully saturated rings. The van der Waals surface area contributed by atoms with Gasteiger partial charge in [-0.25, -0.2) is 0 Å². The summed E-state index contributed by atoms with van der Waals surface area (Å²) in [7, 11) is 0. The van der Waals surface area contributed by atoms with E-state index >= 15 is 0 Å². The van der Waals surface area contributed by atoms with E-state index in [2.05, 4.69) is 21.2 Å². The van der Waals surface area contributed by atoms with E-state index in [1.54, 1.807) is 18.2 Å². The van der Waals surface area contributed by atoms with Gasteiger partial charge in [-0.15, -0.1) is 0 Å². The number of carbonyl (C=O) groups is 2. The standard InChI is InChI=1S/C15H17BrClNO3/c16-13-7-11(17)5-6-12(13)14(19)18-8-9-1-3-10(4-2-9)15(20)21/h5-7,9-10H,1-4,8H2,(H,18,19)(H,20,21). The maximum Gasteiger partial charge on any atom is 0.306 e. The van der Waals surface area contributed by atoms with Crippen LogP contribution in [0.15, 0.2) is 22.7 Å². The van der Waals surface area contributed by atoms with Crippen LogP contribution < -0.4 is 5.32 Å². The number of amides is 1. The van der Waals surface area contributed by atoms with Crippen molar-refractivity contribution >= 4 is 39.4 Å². The third kappa shape index (κ3) is 4.45. The lowest BCUT2D eigenvalue weighted by molar-refractivity contribution is -0.143. The molecular weight excluding hydrogens is 358 g/mol. The van der Waals surface area contributed by atoms with Gasteiger partial charge in [0.25, 0.3) is 5.91 Å². The van der Waals surface area contributed by atoms with Gasteiger partial charge in [0.05, 0.1) is 11.5 Å². The van der Waals surface area contributed by atoms with Crippen LogP contribution in [0.5, 0.6) is 0 Å². The summed E-state index contributed by atoms with van der Waals surface area (Å²) in [6.07, 6.45) is 3.08. The van der Waals surface area contributed by atoms with Crippen LogP contribution in [0.1, 0.15) is 36.0 Å². The fourth-order valence-electron chi connectivity index (χ4n) is 2.62. The second kappa shape index (κ2) is 7.27. The molecule has 2 rings (SSSR count). The van der Waals surface area contributed by atoms with Gasteiger partial charge < -0.3 is 10.4 Å². The lowest BCUT2D eigenvalue weighted by atomic mass is 9.82. The molecule has 1 aliphatic rings. The number of rotatable bonds is 4. The molecule has 1 amide bonds. The van der Waals surface area contributed by atoms with Gasteiger partial charge in [-0.1, -0.05) is 11.6 Å². The van der Waals surface area contributed by atoms with Gasteiger partial charge in [0, 0.05) is 16.0 Å². The van der Waals surface area contributed by atoms with Crippen LogP contribution >= 0.6 is 27.5 Å². The van der Waals surface area contributed by atoms with E-state index in [4.69, 9.17) is 16.7 Å². The van der Waals surface area contributed by atoms with Gasteiger partial charge >= 0.3 is 5.97 Å². The molecule has 1 aromatic carbocycles. The highest BCUT2D eigenvalue weighted by molar-refractivity contribution is 9.10. The third-order valence-corrected chi connectivity index (χ3v) is 4.81. The molecule has 6 heteroatoms. The van der Waals surface area contributed by atoms with E-state index in [1.165, 1.54) is 0 Å². The van der Waals surface area contributed by atoms with Crippen LogP contribution in [0, 0.1) is 11.8 Å². The number of aliphatic carboxylic acids is 1. The first kappa shape index (κ1) is 16.3. The van der Waals surface area contributed by atoms with E-state index < -0.39 is 5.97 Å². The second-order valence-electron chi connectivity index (χ2n) is 5.39. The van der Waals surface area contributed by atoms with Gasteiger partial charge in [0.15, 0.2) is 0 Å². The normalized spacial score (nSPS) is 21.8. The van der Waals surface area contributed by atoms with Crippen LogP contribution in [-0.2, 0) is 4.79 Å². The topological polar surface area (TPSA) is 66.4 Å². The average Bonchev–Trinajstić information content (AvgIpc) is 2.45. The van der Waals surface area contributed by atoms with Gasteiger partial charge in [0.1, 0.15) is 0 Å². The Labute approximate surface area is 137 Å². The highest BCUT2D eigenvalue weighted by Gasteiger charge is 2.26. The maximum absolute atomic E-state index is 12.1. The molecule has 21 heavy (non-hydrogen) atoms. The zero-order valence-electron chi connectivity index (χ0n) is 11.4. The van der Waals surface area contributed by atoms with Crippen molar-refractivity contribution in [1.82, 2.24) is 5.32 Å². The molecular formula is C15H17BrClNO3. The first-order chi connectivity index (χ1) is 9.97. The largest absolute Gasteiger partial charge is 0.481 e. The number of halogens is 2. The Kier molecular flexibility index (Phi) is 5.65. The number of nitrogens with one attached hydrogen (secondary N) is 1. The Balaban J connectivity index is 1.83. The Morgan fingerprint density at radius 1 is 1.29 bits per heavy atom. The highest BCUT2D eigenvalue weighted by Crippen LogP contribution is 2.28. The Bertz CT molecular complexity index is 542. The fourth-order valence-corrected chi connectivity index (χ4v) is 3.48. The zero-order valence-corrected chi connectivity index (χ0v) is 13.8. The average molecular weight is 375 g/mol. The molecule has 0 radical (unpaired) electrons. The summed E-state index contributed by atoms with van der Waals surface area (Å²) in [5, 5.41) is 12.4. The zero-order chi connectivity index (χ0) is 15.4. The van der Waals surface area contributed by atoms with E-state index in [-0.39, 0.29) is 11.8 Å². The van der Waals surface area contributed by atoms with E-state index in [1.807, 2.05) is 0 Å². The summed E-state index contributed by atoms with van der Waals surface area (Å²) >= 11 is 9.18. The maximum atomic E-state index is 12.1. The second-order valence-corrected chi connectivity index (χ2v) is 6.68. The lowest BCUT2D eigenvalue weighted by Crippen LogP contribution is -2.32. The molecule has 0 atom stereocenters. The van der Waals surface area contributed by atoms with Crippen LogP contribution in [-0.4, -0.2) is 23.5 Å². The molecule has 0 bridgehead atoms. The number of carboxylic acid groups (broad SMARTS) is 1. The molecule has 0 aliphatic heterocycles. The molecule has 2 N–H and O–H groups in total. The highest BCUT2D eigenvalue weighted by atomic mass is 79.9. The van der Waals surface area contributed by atoms with Crippen molar-refractivity contribution in [2.45, 2.75) is 25.7 Å². The smallest absolute Gasteiger partial charge is 0.306 e. The fraction of sp³-hybridized carbons (Fsp3) is 0.467. The van der Waals surface area contributed by atoms with Crippen molar-refractivity contribution in [2.75, 3.05) is 6.54 Å². The Hall–Kier alpha value is -1.07. The van der Waals surface area contributed by atoms with E-state index in [9.17, 15) is 9.59 Å². The molecule has 114 valence electrons. The number of carboxylic acids is 1. The van der Waals surface area contributed by atoms with Gasteiger partial charge in [-0.05, 0) is 65.7 Å². The predicted octanol–water partition coefficient (Wildman–Crippen LogP) is 3.72. The van der Waals surface area contributed by atoms with Crippen molar-refractivity contribution in [3.63, 3.8) is 0 Å². The molecule has 0 heterocycles. The quantitative estimate of drug-likeness (QED) is 0.844. The van der Waals surface area contributed by atoms with Crippen LogP contribution in [0.25, 0.3) is 0 Å². The molecule has 0 spiro atoms. The third-order valence-electron chi connectivity index (χ3n) is 3.92. The van der Waals surface area contributed by atoms with Crippen molar-refractivity contribution in [3.05, 3.63) is 33.3 Å². The van der Waals surface area contributed by atoms with Crippen LogP contribution in [0.4, 0.5) is 0 Å². The summed E-state index contributed by atoms with van der Waals surface area (Å²) in [6, 6.07) is 5.05. The lowest BCUT2D eigenvalue weighted by Gasteiger charge is -2.26. The minimum Gasteiger partial charge on any atom is -0.481 e. The van der Waals surface area contributed by atoms with Crippen molar-refractivity contribution in [3.8, 4) is 0 Å². The molecule has 1 saturated carbocycles. The molecule has 1 aromatic rings. The van der Waals surface area contributed by atoms with Crippen LogP contribution in [0.3, 0.4) is 0 Å². The summed E-state index contributed by atoms with van der Waals surface area (Å²) in [6.45, 7) is 0.584. The Morgan fingerprint density at radius 2 is 1.95 bits per heavy atom. The molecule has 0 aromatic heterocycles. The number of benzene rings is 1. The first-order valence-electron chi connectivity index (χ1n) is 6.93. The van der Waals surface area contributed by atoms with E-state index in [0.717, 1.165) is 12.8 Å². The molecule has 0 unspecified atom stereocenters. The molecule has 0 saturated heterocycles. The minimum atomic E-state index is -0.706. The first-order valence-corrected chi connectivity index (χ1v) is 8.10. The van der Waals surface area contributed by atoms with E-state index in [0.29, 0.717) is 40.4 Å². The van der Waals surface area contributed by atoms with Crippen molar-refractivity contribution in [2.24, 2.45) is 11.8 Å². The number of carbonyl (C=O) groups excluding carboxylic acids is 1. The molecule has 1 aliphatic carbocycles. The minimum absolute atomic E-state index is 0.140. The SMILES string of the molecule is O=C(NCC1CCC(C(=O)O)CC1)c1ccc(Cl)cc1Br. The molecule has 4 nitrogen and oxygen atoms in total. The summed E-state index contributed by atoms with van der Waals surface area (Å²) in [5.74, 6) is -0.709.